The van der Waals surface area contributed by atoms with Crippen LogP contribution in [-0.4, -0.2) is 26.2 Å². The Morgan fingerprint density at radius 1 is 1.22 bits per heavy atom. The van der Waals surface area contributed by atoms with E-state index in [9.17, 15) is 10.1 Å². The van der Waals surface area contributed by atoms with Crippen LogP contribution in [0, 0.1) is 11.3 Å². The SMILES string of the molecule is COc1cccc(OC)c1/C=C(\C#N)C(=O)NC1CCCCC1. The minimum Gasteiger partial charge on any atom is -0.496 e. The van der Waals surface area contributed by atoms with Crippen LogP contribution in [0.3, 0.4) is 0 Å². The van der Waals surface area contributed by atoms with Gasteiger partial charge in [0.15, 0.2) is 0 Å². The summed E-state index contributed by atoms with van der Waals surface area (Å²) in [6.07, 6.45) is 6.93. The van der Waals surface area contributed by atoms with Crippen LogP contribution >= 0.6 is 0 Å². The number of methoxy groups -OCH3 is 2. The van der Waals surface area contributed by atoms with Crippen molar-refractivity contribution in [3.05, 3.63) is 29.3 Å². The normalized spacial score (nSPS) is 15.6. The molecule has 2 rings (SSSR count). The highest BCUT2D eigenvalue weighted by Gasteiger charge is 2.19. The van der Waals surface area contributed by atoms with Gasteiger partial charge >= 0.3 is 0 Å². The average Bonchev–Trinajstić information content (AvgIpc) is 2.60. The molecular weight excluding hydrogens is 292 g/mol. The van der Waals surface area contributed by atoms with Gasteiger partial charge in [-0.2, -0.15) is 5.26 Å². The Bertz CT molecular complexity index is 603. The van der Waals surface area contributed by atoms with Crippen LogP contribution in [0.4, 0.5) is 0 Å². The second kappa shape index (κ2) is 8.23. The lowest BCUT2D eigenvalue weighted by atomic mass is 9.95. The third-order valence-corrected chi connectivity index (χ3v) is 4.06. The Hall–Kier alpha value is -2.48. The van der Waals surface area contributed by atoms with E-state index in [0.717, 1.165) is 25.7 Å². The van der Waals surface area contributed by atoms with Gasteiger partial charge in [0.05, 0.1) is 19.8 Å². The maximum atomic E-state index is 12.4. The number of benzene rings is 1. The summed E-state index contributed by atoms with van der Waals surface area (Å²) in [5.41, 5.74) is 0.645. The van der Waals surface area contributed by atoms with E-state index in [1.165, 1.54) is 12.5 Å². The number of nitrogens with zero attached hydrogens (tertiary/aromatic N) is 1. The highest BCUT2D eigenvalue weighted by molar-refractivity contribution is 6.02. The third-order valence-electron chi connectivity index (χ3n) is 4.06. The van der Waals surface area contributed by atoms with Crippen molar-refractivity contribution in [2.24, 2.45) is 0 Å². The second-order valence-electron chi connectivity index (χ2n) is 5.55. The fraction of sp³-hybridized carbons (Fsp3) is 0.444. The maximum absolute atomic E-state index is 12.4. The number of nitriles is 1. The molecule has 0 aromatic heterocycles. The van der Waals surface area contributed by atoms with Gasteiger partial charge in [-0.1, -0.05) is 25.3 Å². The number of carbonyl (C=O) groups excluding carboxylic acids is 1. The Balaban J connectivity index is 2.24. The van der Waals surface area contributed by atoms with Crippen molar-refractivity contribution >= 4 is 12.0 Å². The fourth-order valence-electron chi connectivity index (χ4n) is 2.83. The van der Waals surface area contributed by atoms with E-state index in [0.29, 0.717) is 17.1 Å². The molecule has 0 radical (unpaired) electrons. The molecule has 1 amide bonds. The van der Waals surface area contributed by atoms with Gasteiger partial charge in [0.2, 0.25) is 0 Å². The minimum atomic E-state index is -0.340. The molecule has 122 valence electrons. The maximum Gasteiger partial charge on any atom is 0.262 e. The summed E-state index contributed by atoms with van der Waals surface area (Å²) >= 11 is 0. The first-order chi connectivity index (χ1) is 11.2. The van der Waals surface area contributed by atoms with Crippen LogP contribution in [-0.2, 0) is 4.79 Å². The van der Waals surface area contributed by atoms with Crippen molar-refractivity contribution < 1.29 is 14.3 Å². The van der Waals surface area contributed by atoms with E-state index in [1.54, 1.807) is 32.4 Å². The molecule has 1 fully saturated rings. The second-order valence-corrected chi connectivity index (χ2v) is 5.55. The van der Waals surface area contributed by atoms with E-state index < -0.39 is 0 Å². The number of ether oxygens (including phenoxy) is 2. The van der Waals surface area contributed by atoms with Gasteiger partial charge in [0, 0.05) is 6.04 Å². The highest BCUT2D eigenvalue weighted by atomic mass is 16.5. The molecule has 5 heteroatoms. The third kappa shape index (κ3) is 4.26. The molecule has 1 aliphatic rings. The van der Waals surface area contributed by atoms with Crippen LogP contribution in [0.2, 0.25) is 0 Å². The molecule has 0 bridgehead atoms. The lowest BCUT2D eigenvalue weighted by molar-refractivity contribution is -0.117. The predicted octanol–water partition coefficient (Wildman–Crippen LogP) is 3.06. The van der Waals surface area contributed by atoms with Gasteiger partial charge in [-0.15, -0.1) is 0 Å². The van der Waals surface area contributed by atoms with Gasteiger partial charge in [-0.25, -0.2) is 0 Å². The van der Waals surface area contributed by atoms with Gasteiger partial charge in [-0.3, -0.25) is 4.79 Å². The van der Waals surface area contributed by atoms with Crippen LogP contribution < -0.4 is 14.8 Å². The van der Waals surface area contributed by atoms with E-state index in [-0.39, 0.29) is 17.5 Å². The molecule has 1 saturated carbocycles. The molecule has 5 nitrogen and oxygen atoms in total. The standard InChI is InChI=1S/C18H22N2O3/c1-22-16-9-6-10-17(23-2)15(16)11-13(12-19)18(21)20-14-7-4-3-5-8-14/h6,9-11,14H,3-5,7-8H2,1-2H3,(H,20,21)/b13-11+. The van der Waals surface area contributed by atoms with Crippen molar-refractivity contribution in [3.8, 4) is 17.6 Å². The lowest BCUT2D eigenvalue weighted by Crippen LogP contribution is -2.36. The summed E-state index contributed by atoms with van der Waals surface area (Å²) in [6.45, 7) is 0. The summed E-state index contributed by atoms with van der Waals surface area (Å²) < 4.78 is 10.6. The van der Waals surface area contributed by atoms with Crippen molar-refractivity contribution in [1.29, 1.82) is 5.26 Å². The monoisotopic (exact) mass is 314 g/mol. The summed E-state index contributed by atoms with van der Waals surface area (Å²) in [5, 5.41) is 12.3. The van der Waals surface area contributed by atoms with Gasteiger partial charge in [0.25, 0.3) is 5.91 Å². The molecule has 1 aromatic carbocycles. The van der Waals surface area contributed by atoms with Crippen LogP contribution in [0.15, 0.2) is 23.8 Å². The molecule has 0 spiro atoms. The molecule has 0 unspecified atom stereocenters. The van der Waals surface area contributed by atoms with Crippen molar-refractivity contribution in [2.45, 2.75) is 38.1 Å². The number of nitrogens with one attached hydrogen (secondary N) is 1. The molecule has 0 aliphatic heterocycles. The van der Waals surface area contributed by atoms with E-state index in [4.69, 9.17) is 9.47 Å². The van der Waals surface area contributed by atoms with Gasteiger partial charge in [-0.05, 0) is 31.1 Å². The highest BCUT2D eigenvalue weighted by Crippen LogP contribution is 2.30. The van der Waals surface area contributed by atoms with Crippen molar-refractivity contribution in [2.75, 3.05) is 14.2 Å². The number of hydrogen-bond acceptors (Lipinski definition) is 4. The minimum absolute atomic E-state index is 0.0540. The molecular formula is C18H22N2O3. The lowest BCUT2D eigenvalue weighted by Gasteiger charge is -2.22. The Morgan fingerprint density at radius 2 is 1.83 bits per heavy atom. The Morgan fingerprint density at radius 3 is 2.35 bits per heavy atom. The van der Waals surface area contributed by atoms with Crippen LogP contribution in [0.5, 0.6) is 11.5 Å². The molecule has 0 atom stereocenters. The summed E-state index contributed by atoms with van der Waals surface area (Å²) in [7, 11) is 3.08. The largest absolute Gasteiger partial charge is 0.496 e. The molecule has 0 heterocycles. The van der Waals surface area contributed by atoms with Crippen molar-refractivity contribution in [3.63, 3.8) is 0 Å². The summed E-state index contributed by atoms with van der Waals surface area (Å²) in [4.78, 5) is 12.4. The first kappa shape index (κ1) is 16.9. The number of rotatable bonds is 5. The van der Waals surface area contributed by atoms with Crippen LogP contribution in [0.1, 0.15) is 37.7 Å². The molecule has 23 heavy (non-hydrogen) atoms. The zero-order valence-electron chi connectivity index (χ0n) is 13.6. The average molecular weight is 314 g/mol. The van der Waals surface area contributed by atoms with E-state index in [2.05, 4.69) is 5.32 Å². The molecule has 1 N–H and O–H groups in total. The quantitative estimate of drug-likeness (QED) is 0.670. The van der Waals surface area contributed by atoms with E-state index >= 15 is 0 Å². The zero-order valence-corrected chi connectivity index (χ0v) is 13.6. The first-order valence-electron chi connectivity index (χ1n) is 7.83. The Labute approximate surface area is 136 Å². The zero-order chi connectivity index (χ0) is 16.7. The van der Waals surface area contributed by atoms with Crippen molar-refractivity contribution in [1.82, 2.24) is 5.32 Å². The molecule has 1 aromatic rings. The summed E-state index contributed by atoms with van der Waals surface area (Å²) in [6, 6.07) is 7.47. The summed E-state index contributed by atoms with van der Waals surface area (Å²) in [5.74, 6) is 0.775. The predicted molar refractivity (Wildman–Crippen MR) is 88.2 cm³/mol. The Kier molecular flexibility index (Phi) is 6.04. The number of carbonyl (C=O) groups is 1. The first-order valence-corrected chi connectivity index (χ1v) is 7.83. The molecule has 1 aliphatic carbocycles. The smallest absolute Gasteiger partial charge is 0.262 e. The van der Waals surface area contributed by atoms with E-state index in [1.807, 2.05) is 6.07 Å². The molecule has 0 saturated heterocycles. The van der Waals surface area contributed by atoms with Gasteiger partial charge < -0.3 is 14.8 Å². The van der Waals surface area contributed by atoms with Gasteiger partial charge in [0.1, 0.15) is 23.1 Å². The van der Waals surface area contributed by atoms with Crippen LogP contribution in [0.25, 0.3) is 6.08 Å². The number of amides is 1. The topological polar surface area (TPSA) is 71.3 Å². The number of hydrogen-bond donors (Lipinski definition) is 1. The fourth-order valence-corrected chi connectivity index (χ4v) is 2.83.